The Morgan fingerprint density at radius 1 is 0.857 bits per heavy atom. The van der Waals surface area contributed by atoms with Crippen LogP contribution in [0.15, 0.2) is 30.3 Å². The lowest BCUT2D eigenvalue weighted by molar-refractivity contribution is -0.137. The average molecular weight is 393 g/mol. The highest BCUT2D eigenvalue weighted by Gasteiger charge is 2.30. The molecule has 1 N–H and O–H groups in total. The molecule has 0 saturated carbocycles. The van der Waals surface area contributed by atoms with Crippen molar-refractivity contribution in [2.45, 2.75) is 13.1 Å². The molecule has 1 aromatic heterocycles. The maximum absolute atomic E-state index is 13.0. The number of fused-ring (bicyclic) bond motifs is 1. The van der Waals surface area contributed by atoms with Crippen LogP contribution in [0, 0.1) is 6.92 Å². The first-order chi connectivity index (χ1) is 13.3. The number of nitrogens with one attached hydrogen (secondary N) is 1. The number of methoxy groups -OCH3 is 3. The van der Waals surface area contributed by atoms with E-state index in [2.05, 4.69) is 15.3 Å². The van der Waals surface area contributed by atoms with Gasteiger partial charge >= 0.3 is 6.18 Å². The number of hydrogen-bond acceptors (Lipinski definition) is 6. The second-order valence-electron chi connectivity index (χ2n) is 5.90. The van der Waals surface area contributed by atoms with E-state index >= 15 is 0 Å². The van der Waals surface area contributed by atoms with Crippen LogP contribution in [-0.4, -0.2) is 31.3 Å². The van der Waals surface area contributed by atoms with E-state index in [-0.39, 0.29) is 5.52 Å². The summed E-state index contributed by atoms with van der Waals surface area (Å²) in [5, 5.41) is 3.05. The zero-order chi connectivity index (χ0) is 20.5. The van der Waals surface area contributed by atoms with Gasteiger partial charge in [0.2, 0.25) is 5.75 Å². The fourth-order valence-corrected chi connectivity index (χ4v) is 2.73. The maximum Gasteiger partial charge on any atom is 0.416 e. The van der Waals surface area contributed by atoms with Gasteiger partial charge in [-0.15, -0.1) is 0 Å². The molecule has 0 aliphatic carbocycles. The van der Waals surface area contributed by atoms with Gasteiger partial charge in [0.1, 0.15) is 0 Å². The fraction of sp³-hybridized carbons (Fsp3) is 0.263. The van der Waals surface area contributed by atoms with Gasteiger partial charge in [-0.1, -0.05) is 0 Å². The first kappa shape index (κ1) is 19.5. The molecular formula is C19H18F3N3O3. The predicted octanol–water partition coefficient (Wildman–Crippen LogP) is 4.73. The highest BCUT2D eigenvalue weighted by Crippen LogP contribution is 2.40. The number of nitrogens with zero attached hydrogens (tertiary/aromatic N) is 2. The molecular weight excluding hydrogens is 375 g/mol. The summed E-state index contributed by atoms with van der Waals surface area (Å²) in [5.41, 5.74) is 0.812. The van der Waals surface area contributed by atoms with Crippen molar-refractivity contribution in [2.24, 2.45) is 0 Å². The van der Waals surface area contributed by atoms with Crippen LogP contribution in [-0.2, 0) is 6.18 Å². The van der Waals surface area contributed by atoms with Gasteiger partial charge in [0.05, 0.1) is 43.6 Å². The maximum atomic E-state index is 13.0. The molecule has 0 saturated heterocycles. The van der Waals surface area contributed by atoms with Crippen molar-refractivity contribution in [3.8, 4) is 17.2 Å². The quantitative estimate of drug-likeness (QED) is 0.676. The van der Waals surface area contributed by atoms with Crippen LogP contribution in [0.1, 0.15) is 11.3 Å². The molecule has 0 aliphatic rings. The highest BCUT2D eigenvalue weighted by molar-refractivity contribution is 5.78. The molecule has 1 heterocycles. The first-order valence-corrected chi connectivity index (χ1v) is 8.19. The van der Waals surface area contributed by atoms with Crippen molar-refractivity contribution >= 4 is 22.5 Å². The SMILES string of the molecule is COc1cc(Nc2nc3cc(C(F)(F)F)ccc3nc2C)cc(OC)c1OC. The normalized spacial score (nSPS) is 11.4. The highest BCUT2D eigenvalue weighted by atomic mass is 19.4. The molecule has 3 rings (SSSR count). The molecule has 0 unspecified atom stereocenters. The van der Waals surface area contributed by atoms with E-state index in [1.54, 1.807) is 19.1 Å². The van der Waals surface area contributed by atoms with E-state index in [0.717, 1.165) is 12.1 Å². The number of benzene rings is 2. The zero-order valence-electron chi connectivity index (χ0n) is 15.6. The van der Waals surface area contributed by atoms with E-state index in [9.17, 15) is 13.2 Å². The molecule has 0 atom stereocenters. The Balaban J connectivity index is 2.05. The second-order valence-corrected chi connectivity index (χ2v) is 5.90. The molecule has 0 fully saturated rings. The first-order valence-electron chi connectivity index (χ1n) is 8.19. The molecule has 0 amide bonds. The molecule has 0 bridgehead atoms. The topological polar surface area (TPSA) is 65.5 Å². The molecule has 6 nitrogen and oxygen atoms in total. The number of aryl methyl sites for hydroxylation is 1. The Labute approximate surface area is 159 Å². The lowest BCUT2D eigenvalue weighted by atomic mass is 10.2. The minimum Gasteiger partial charge on any atom is -0.493 e. The third-order valence-electron chi connectivity index (χ3n) is 4.09. The Hall–Kier alpha value is -3.23. The molecule has 0 spiro atoms. The van der Waals surface area contributed by atoms with Crippen molar-refractivity contribution in [3.05, 3.63) is 41.6 Å². The Kier molecular flexibility index (Phi) is 5.17. The lowest BCUT2D eigenvalue weighted by Gasteiger charge is -2.16. The molecule has 0 radical (unpaired) electrons. The summed E-state index contributed by atoms with van der Waals surface area (Å²) in [5.74, 6) is 1.60. The summed E-state index contributed by atoms with van der Waals surface area (Å²) in [4.78, 5) is 8.65. The van der Waals surface area contributed by atoms with Crippen LogP contribution in [0.2, 0.25) is 0 Å². The van der Waals surface area contributed by atoms with Crippen molar-refractivity contribution < 1.29 is 27.4 Å². The summed E-state index contributed by atoms with van der Waals surface area (Å²) in [7, 11) is 4.46. The molecule has 2 aromatic carbocycles. The van der Waals surface area contributed by atoms with Gasteiger partial charge in [-0.25, -0.2) is 9.97 Å². The van der Waals surface area contributed by atoms with Gasteiger partial charge in [0, 0.05) is 17.8 Å². The van der Waals surface area contributed by atoms with Gasteiger partial charge in [-0.3, -0.25) is 0 Å². The molecule has 9 heteroatoms. The third kappa shape index (κ3) is 3.73. The van der Waals surface area contributed by atoms with Crippen LogP contribution in [0.25, 0.3) is 11.0 Å². The van der Waals surface area contributed by atoms with Crippen molar-refractivity contribution in [3.63, 3.8) is 0 Å². The average Bonchev–Trinajstić information content (AvgIpc) is 2.66. The molecule has 28 heavy (non-hydrogen) atoms. The van der Waals surface area contributed by atoms with E-state index in [1.165, 1.54) is 27.4 Å². The number of rotatable bonds is 5. The van der Waals surface area contributed by atoms with Crippen LogP contribution < -0.4 is 19.5 Å². The van der Waals surface area contributed by atoms with Gasteiger partial charge in [-0.2, -0.15) is 13.2 Å². The van der Waals surface area contributed by atoms with Crippen LogP contribution in [0.4, 0.5) is 24.7 Å². The van der Waals surface area contributed by atoms with Crippen LogP contribution >= 0.6 is 0 Å². The predicted molar refractivity (Wildman–Crippen MR) is 98.7 cm³/mol. The monoisotopic (exact) mass is 393 g/mol. The third-order valence-corrected chi connectivity index (χ3v) is 4.09. The van der Waals surface area contributed by atoms with E-state index in [1.807, 2.05) is 0 Å². The van der Waals surface area contributed by atoms with E-state index in [0.29, 0.717) is 40.0 Å². The number of anilines is 2. The molecule has 148 valence electrons. The van der Waals surface area contributed by atoms with Crippen molar-refractivity contribution in [1.82, 2.24) is 9.97 Å². The fourth-order valence-electron chi connectivity index (χ4n) is 2.73. The standard InChI is InChI=1S/C19H18F3N3O3/c1-10-18(24-12-8-15(26-2)17(28-4)16(9-12)27-3)25-14-7-11(19(20,21)22)5-6-13(14)23-10/h5-9H,1-4H3,(H,24,25). The molecule has 0 aliphatic heterocycles. The van der Waals surface area contributed by atoms with Gasteiger partial charge in [0.15, 0.2) is 17.3 Å². The Morgan fingerprint density at radius 2 is 1.50 bits per heavy atom. The zero-order valence-corrected chi connectivity index (χ0v) is 15.6. The summed E-state index contributed by atoms with van der Waals surface area (Å²) in [6, 6.07) is 6.60. The van der Waals surface area contributed by atoms with E-state index < -0.39 is 11.7 Å². The van der Waals surface area contributed by atoms with Gasteiger partial charge in [-0.05, 0) is 25.1 Å². The number of alkyl halides is 3. The Morgan fingerprint density at radius 3 is 2.04 bits per heavy atom. The number of hydrogen-bond donors (Lipinski definition) is 1. The second kappa shape index (κ2) is 7.41. The number of aromatic nitrogens is 2. The van der Waals surface area contributed by atoms with E-state index in [4.69, 9.17) is 14.2 Å². The Bertz CT molecular complexity index is 997. The summed E-state index contributed by atoms with van der Waals surface area (Å²) >= 11 is 0. The minimum absolute atomic E-state index is 0.135. The van der Waals surface area contributed by atoms with Crippen molar-refractivity contribution in [2.75, 3.05) is 26.6 Å². The molecule has 3 aromatic rings. The lowest BCUT2D eigenvalue weighted by Crippen LogP contribution is -2.06. The van der Waals surface area contributed by atoms with Gasteiger partial charge < -0.3 is 19.5 Å². The van der Waals surface area contributed by atoms with Crippen LogP contribution in [0.5, 0.6) is 17.2 Å². The van der Waals surface area contributed by atoms with Crippen molar-refractivity contribution in [1.29, 1.82) is 0 Å². The van der Waals surface area contributed by atoms with Gasteiger partial charge in [0.25, 0.3) is 0 Å². The number of ether oxygens (including phenoxy) is 3. The summed E-state index contributed by atoms with van der Waals surface area (Å²) in [6.45, 7) is 1.71. The van der Waals surface area contributed by atoms with Crippen LogP contribution in [0.3, 0.4) is 0 Å². The minimum atomic E-state index is -4.45. The smallest absolute Gasteiger partial charge is 0.416 e. The summed E-state index contributed by atoms with van der Waals surface area (Å²) < 4.78 is 54.8. The number of halogens is 3. The summed E-state index contributed by atoms with van der Waals surface area (Å²) in [6.07, 6.45) is -4.45. The largest absolute Gasteiger partial charge is 0.493 e.